The van der Waals surface area contributed by atoms with Crippen LogP contribution in [-0.4, -0.2) is 53.2 Å². The lowest BCUT2D eigenvalue weighted by Crippen LogP contribution is -2.42. The van der Waals surface area contributed by atoms with Crippen LogP contribution in [0.15, 0.2) is 41.9 Å². The van der Waals surface area contributed by atoms with Crippen LogP contribution in [0, 0.1) is 0 Å². The van der Waals surface area contributed by atoms with Crippen molar-refractivity contribution < 1.29 is 9.53 Å². The summed E-state index contributed by atoms with van der Waals surface area (Å²) in [5.74, 6) is 1.31. The number of hydrogen-bond acceptors (Lipinski definition) is 6. The van der Waals surface area contributed by atoms with Gasteiger partial charge in [0.05, 0.1) is 18.6 Å². The Hall–Kier alpha value is -3.10. The Labute approximate surface area is 165 Å². The third kappa shape index (κ3) is 9.02. The number of hydrogen-bond donors (Lipinski definition) is 4. The van der Waals surface area contributed by atoms with Gasteiger partial charge in [-0.05, 0) is 44.7 Å². The molecule has 152 valence electrons. The summed E-state index contributed by atoms with van der Waals surface area (Å²) in [7, 11) is 0. The molecule has 0 radical (unpaired) electrons. The number of anilines is 1. The second kappa shape index (κ2) is 13.1. The molecule has 2 aromatic rings. The van der Waals surface area contributed by atoms with Crippen LogP contribution >= 0.6 is 0 Å². The molecular formula is C19H29N7O2. The number of aryl methyl sites for hydroxylation is 1. The van der Waals surface area contributed by atoms with Crippen molar-refractivity contribution in [1.82, 2.24) is 25.6 Å². The van der Waals surface area contributed by atoms with Gasteiger partial charge in [-0.2, -0.15) is 0 Å². The van der Waals surface area contributed by atoms with Gasteiger partial charge in [0.2, 0.25) is 5.96 Å². The van der Waals surface area contributed by atoms with Gasteiger partial charge < -0.3 is 20.4 Å². The number of alkyl carbamates (subject to hydrolysis) is 1. The Kier molecular flexibility index (Phi) is 9.94. The van der Waals surface area contributed by atoms with E-state index in [0.717, 1.165) is 43.7 Å². The first-order chi connectivity index (χ1) is 13.8. The Morgan fingerprint density at radius 3 is 2.89 bits per heavy atom. The van der Waals surface area contributed by atoms with Gasteiger partial charge >= 0.3 is 6.09 Å². The van der Waals surface area contributed by atoms with Crippen LogP contribution < -0.4 is 16.0 Å². The summed E-state index contributed by atoms with van der Waals surface area (Å²) in [6.07, 6.45) is 8.38. The lowest BCUT2D eigenvalue weighted by molar-refractivity contribution is 0.157. The Morgan fingerprint density at radius 2 is 2.14 bits per heavy atom. The monoisotopic (exact) mass is 387 g/mol. The molecule has 2 heterocycles. The fourth-order valence-electron chi connectivity index (χ4n) is 2.42. The van der Waals surface area contributed by atoms with Crippen LogP contribution in [0.4, 0.5) is 10.6 Å². The second-order valence-electron chi connectivity index (χ2n) is 6.02. The van der Waals surface area contributed by atoms with Crippen molar-refractivity contribution in [2.45, 2.75) is 32.6 Å². The fraction of sp³-hybridized carbons (Fsp3) is 0.474. The zero-order valence-corrected chi connectivity index (χ0v) is 16.3. The molecule has 0 aliphatic rings. The van der Waals surface area contributed by atoms with Gasteiger partial charge in [-0.15, -0.1) is 0 Å². The molecule has 0 aliphatic carbocycles. The van der Waals surface area contributed by atoms with Crippen molar-refractivity contribution in [3.05, 3.63) is 42.6 Å². The number of pyridine rings is 1. The average molecular weight is 387 g/mol. The maximum Gasteiger partial charge on any atom is 0.413 e. The van der Waals surface area contributed by atoms with Crippen LogP contribution in [-0.2, 0) is 11.2 Å². The minimum atomic E-state index is -0.502. The standard InChI is InChI=1S/C19H29N7O2/c1-2-28-19(27)26-18(24-13-7-8-16-14-20-15-25-16)23-12-6-5-11-22-17-9-3-4-10-21-17/h3-4,9-10,14-15H,2,5-8,11-13H2,1H3,(H,20,25)(H,21,22)(H2,23,24,26,27). The highest BCUT2D eigenvalue weighted by Gasteiger charge is 2.06. The lowest BCUT2D eigenvalue weighted by Gasteiger charge is -2.11. The van der Waals surface area contributed by atoms with E-state index < -0.39 is 6.09 Å². The summed E-state index contributed by atoms with van der Waals surface area (Å²) < 4.78 is 4.93. The Bertz CT molecular complexity index is 690. The molecule has 2 aromatic heterocycles. The van der Waals surface area contributed by atoms with E-state index in [4.69, 9.17) is 4.74 Å². The summed E-state index contributed by atoms with van der Waals surface area (Å²) in [6.45, 7) is 4.20. The van der Waals surface area contributed by atoms with Gasteiger partial charge in [0.15, 0.2) is 0 Å². The highest BCUT2D eigenvalue weighted by molar-refractivity contribution is 5.93. The van der Waals surface area contributed by atoms with Crippen LogP contribution in [0.25, 0.3) is 0 Å². The molecule has 2 rings (SSSR count). The SMILES string of the molecule is CCOC(=O)NC(=NCCCCNc1ccccn1)NCCCc1c[nH]cn1. The molecule has 0 atom stereocenters. The zero-order chi connectivity index (χ0) is 19.9. The molecule has 0 saturated heterocycles. The van der Waals surface area contributed by atoms with Crippen molar-refractivity contribution in [3.8, 4) is 0 Å². The second-order valence-corrected chi connectivity index (χ2v) is 6.02. The summed E-state index contributed by atoms with van der Waals surface area (Å²) in [5.41, 5.74) is 1.01. The smallest absolute Gasteiger partial charge is 0.413 e. The minimum Gasteiger partial charge on any atom is -0.450 e. The molecular weight excluding hydrogens is 358 g/mol. The van der Waals surface area contributed by atoms with E-state index in [1.807, 2.05) is 24.4 Å². The van der Waals surface area contributed by atoms with Crippen LogP contribution in [0.1, 0.15) is 31.9 Å². The summed E-state index contributed by atoms with van der Waals surface area (Å²) in [4.78, 5) is 27.5. The van der Waals surface area contributed by atoms with Crippen molar-refractivity contribution in [1.29, 1.82) is 0 Å². The van der Waals surface area contributed by atoms with Crippen LogP contribution in [0.5, 0.6) is 0 Å². The van der Waals surface area contributed by atoms with Crippen molar-refractivity contribution in [3.63, 3.8) is 0 Å². The fourth-order valence-corrected chi connectivity index (χ4v) is 2.42. The summed E-state index contributed by atoms with van der Waals surface area (Å²) in [6, 6.07) is 5.77. The van der Waals surface area contributed by atoms with E-state index in [-0.39, 0.29) is 0 Å². The molecule has 0 spiro atoms. The topological polar surface area (TPSA) is 116 Å². The number of nitrogens with zero attached hydrogens (tertiary/aromatic N) is 3. The first-order valence-corrected chi connectivity index (χ1v) is 9.62. The number of aliphatic imine (C=N–C) groups is 1. The number of amides is 1. The molecule has 9 nitrogen and oxygen atoms in total. The van der Waals surface area contributed by atoms with Gasteiger partial charge in [-0.25, -0.2) is 14.8 Å². The Morgan fingerprint density at radius 1 is 1.21 bits per heavy atom. The van der Waals surface area contributed by atoms with Gasteiger partial charge in [0.1, 0.15) is 5.82 Å². The molecule has 0 aliphatic heterocycles. The normalized spacial score (nSPS) is 11.1. The predicted octanol–water partition coefficient (Wildman–Crippen LogP) is 2.32. The van der Waals surface area contributed by atoms with Gasteiger partial charge in [-0.1, -0.05) is 6.07 Å². The van der Waals surface area contributed by atoms with E-state index in [9.17, 15) is 4.79 Å². The van der Waals surface area contributed by atoms with Crippen molar-refractivity contribution in [2.24, 2.45) is 4.99 Å². The highest BCUT2D eigenvalue weighted by atomic mass is 16.5. The maximum atomic E-state index is 11.7. The van der Waals surface area contributed by atoms with Crippen LogP contribution in [0.2, 0.25) is 0 Å². The largest absolute Gasteiger partial charge is 0.450 e. The summed E-state index contributed by atoms with van der Waals surface area (Å²) in [5, 5.41) is 9.08. The third-order valence-corrected chi connectivity index (χ3v) is 3.78. The van der Waals surface area contributed by atoms with Gasteiger partial charge in [0.25, 0.3) is 0 Å². The minimum absolute atomic E-state index is 0.317. The number of imidazole rings is 1. The molecule has 0 bridgehead atoms. The molecule has 0 unspecified atom stereocenters. The van der Waals surface area contributed by atoms with Gasteiger partial charge in [-0.3, -0.25) is 10.3 Å². The number of carbonyl (C=O) groups excluding carboxylic acids is 1. The van der Waals surface area contributed by atoms with E-state index in [1.165, 1.54) is 0 Å². The number of ether oxygens (including phenoxy) is 1. The number of nitrogens with one attached hydrogen (secondary N) is 4. The number of aromatic amines is 1. The molecule has 9 heteroatoms. The first kappa shape index (κ1) is 21.2. The van der Waals surface area contributed by atoms with Crippen molar-refractivity contribution >= 4 is 17.9 Å². The maximum absolute atomic E-state index is 11.7. The number of guanidine groups is 1. The van der Waals surface area contributed by atoms with E-state index >= 15 is 0 Å². The van der Waals surface area contributed by atoms with Crippen LogP contribution in [0.3, 0.4) is 0 Å². The molecule has 4 N–H and O–H groups in total. The predicted molar refractivity (Wildman–Crippen MR) is 109 cm³/mol. The molecule has 0 aromatic carbocycles. The molecule has 0 saturated carbocycles. The average Bonchev–Trinajstić information content (AvgIpc) is 3.22. The van der Waals surface area contributed by atoms with E-state index in [1.54, 1.807) is 19.4 Å². The summed E-state index contributed by atoms with van der Waals surface area (Å²) >= 11 is 0. The number of rotatable bonds is 11. The molecule has 0 fully saturated rings. The van der Waals surface area contributed by atoms with Crippen molar-refractivity contribution in [2.75, 3.05) is 31.6 Å². The first-order valence-electron chi connectivity index (χ1n) is 9.62. The van der Waals surface area contributed by atoms with E-state index in [0.29, 0.717) is 25.7 Å². The third-order valence-electron chi connectivity index (χ3n) is 3.78. The molecule has 1 amide bonds. The highest BCUT2D eigenvalue weighted by Crippen LogP contribution is 2.00. The number of H-pyrrole nitrogens is 1. The quantitative estimate of drug-likeness (QED) is 0.267. The number of carbonyl (C=O) groups is 1. The van der Waals surface area contributed by atoms with Gasteiger partial charge in [0, 0.05) is 32.0 Å². The molecule has 28 heavy (non-hydrogen) atoms. The zero-order valence-electron chi connectivity index (χ0n) is 16.3. The number of unbranched alkanes of at least 4 members (excludes halogenated alkanes) is 1. The Balaban J connectivity index is 1.67. The van der Waals surface area contributed by atoms with E-state index in [2.05, 4.69) is 35.9 Å². The lowest BCUT2D eigenvalue weighted by atomic mass is 10.2. The number of aromatic nitrogens is 3.